The second kappa shape index (κ2) is 13.9. The molecule has 1 saturated heterocycles. The molecule has 3 aromatic rings. The summed E-state index contributed by atoms with van der Waals surface area (Å²) in [5.41, 5.74) is 3.92. The van der Waals surface area contributed by atoms with Crippen LogP contribution >= 0.6 is 0 Å². The Labute approximate surface area is 213 Å². The summed E-state index contributed by atoms with van der Waals surface area (Å²) in [5.74, 6) is 0. The third-order valence-electron chi connectivity index (χ3n) is 5.95. The van der Waals surface area contributed by atoms with Gasteiger partial charge in [-0.25, -0.2) is 0 Å². The molecule has 4 atom stereocenters. The van der Waals surface area contributed by atoms with Crippen molar-refractivity contribution in [1.82, 2.24) is 0 Å². The predicted octanol–water partition coefficient (Wildman–Crippen LogP) is 5.86. The maximum absolute atomic E-state index is 6.44. The highest BCUT2D eigenvalue weighted by Gasteiger charge is 2.43. The number of benzene rings is 3. The van der Waals surface area contributed by atoms with Crippen LogP contribution in [0.5, 0.6) is 0 Å². The predicted molar refractivity (Wildman–Crippen MR) is 140 cm³/mol. The van der Waals surface area contributed by atoms with E-state index in [-0.39, 0.29) is 0 Å². The van der Waals surface area contributed by atoms with Crippen molar-refractivity contribution in [2.45, 2.75) is 44.4 Å². The first-order chi connectivity index (χ1) is 17.7. The summed E-state index contributed by atoms with van der Waals surface area (Å²) in [6, 6.07) is 30.2. The van der Waals surface area contributed by atoms with E-state index in [4.69, 9.17) is 23.7 Å². The largest absolute Gasteiger partial charge is 0.374 e. The molecule has 36 heavy (non-hydrogen) atoms. The van der Waals surface area contributed by atoms with Crippen LogP contribution in [0.2, 0.25) is 0 Å². The standard InChI is InChI=1S/C31H34O5/c1-3-19-33-31-24(2)29(34-21-26-15-9-5-10-16-26)30(35-22-27-17-11-6-12-18-27)28(36-31)23-32-20-25-13-7-4-8-14-25/h3-18,28-31H,1-2,19-23H2/t28-,29-,30+,31+/m1/s1. The third-order valence-corrected chi connectivity index (χ3v) is 5.95. The SMILES string of the molecule is C=CCO[C@H]1O[C@H](COCc2ccccc2)[C@H](OCc2ccccc2)[C@H](OCc2ccccc2)C1=C. The summed E-state index contributed by atoms with van der Waals surface area (Å²) in [6.07, 6.45) is -0.247. The molecule has 5 nitrogen and oxygen atoms in total. The van der Waals surface area contributed by atoms with E-state index < -0.39 is 24.6 Å². The molecule has 1 aliphatic rings. The van der Waals surface area contributed by atoms with Gasteiger partial charge in [-0.2, -0.15) is 0 Å². The Kier molecular flexibility index (Phi) is 10.0. The molecule has 1 fully saturated rings. The maximum atomic E-state index is 6.44. The summed E-state index contributed by atoms with van der Waals surface area (Å²) in [4.78, 5) is 0. The van der Waals surface area contributed by atoms with Gasteiger partial charge in [-0.05, 0) is 16.7 Å². The van der Waals surface area contributed by atoms with Gasteiger partial charge in [-0.3, -0.25) is 0 Å². The van der Waals surface area contributed by atoms with Gasteiger partial charge >= 0.3 is 0 Å². The zero-order valence-electron chi connectivity index (χ0n) is 20.5. The summed E-state index contributed by atoms with van der Waals surface area (Å²) in [6.45, 7) is 10.00. The Bertz CT molecular complexity index is 1050. The van der Waals surface area contributed by atoms with E-state index in [0.29, 0.717) is 38.6 Å². The van der Waals surface area contributed by atoms with E-state index in [9.17, 15) is 0 Å². The molecule has 5 heteroatoms. The molecule has 0 bridgehead atoms. The molecule has 4 rings (SSSR count). The van der Waals surface area contributed by atoms with Crippen LogP contribution in [0.15, 0.2) is 116 Å². The second-order valence-electron chi connectivity index (χ2n) is 8.68. The fraction of sp³-hybridized carbons (Fsp3) is 0.290. The van der Waals surface area contributed by atoms with Crippen LogP contribution in [0.1, 0.15) is 16.7 Å². The van der Waals surface area contributed by atoms with E-state index in [0.717, 1.165) is 16.7 Å². The lowest BCUT2D eigenvalue weighted by atomic mass is 9.96. The van der Waals surface area contributed by atoms with Gasteiger partial charge in [-0.15, -0.1) is 6.58 Å². The van der Waals surface area contributed by atoms with Crippen molar-refractivity contribution in [2.24, 2.45) is 0 Å². The number of hydrogen-bond acceptors (Lipinski definition) is 5. The molecule has 0 saturated carbocycles. The van der Waals surface area contributed by atoms with Gasteiger partial charge in [0.15, 0.2) is 6.29 Å². The van der Waals surface area contributed by atoms with Crippen molar-refractivity contribution in [1.29, 1.82) is 0 Å². The average molecular weight is 487 g/mol. The van der Waals surface area contributed by atoms with Crippen molar-refractivity contribution in [3.8, 4) is 0 Å². The Hall–Kier alpha value is -3.06. The van der Waals surface area contributed by atoms with Crippen molar-refractivity contribution < 1.29 is 23.7 Å². The molecule has 0 unspecified atom stereocenters. The first kappa shape index (κ1) is 26.0. The summed E-state index contributed by atoms with van der Waals surface area (Å²) >= 11 is 0. The summed E-state index contributed by atoms with van der Waals surface area (Å²) < 4.78 is 31.2. The molecule has 0 radical (unpaired) electrons. The van der Waals surface area contributed by atoms with Crippen molar-refractivity contribution in [2.75, 3.05) is 13.2 Å². The van der Waals surface area contributed by atoms with E-state index in [1.807, 2.05) is 91.0 Å². The minimum atomic E-state index is -0.648. The minimum absolute atomic E-state index is 0.320. The molecular formula is C31H34O5. The molecule has 0 amide bonds. The molecule has 0 N–H and O–H groups in total. The van der Waals surface area contributed by atoms with E-state index in [1.165, 1.54) is 0 Å². The smallest absolute Gasteiger partial charge is 0.183 e. The van der Waals surface area contributed by atoms with Crippen LogP contribution in [0.3, 0.4) is 0 Å². The topological polar surface area (TPSA) is 46.2 Å². The fourth-order valence-corrected chi connectivity index (χ4v) is 4.09. The zero-order chi connectivity index (χ0) is 25.0. The van der Waals surface area contributed by atoms with Crippen LogP contribution in [0, 0.1) is 0 Å². The lowest BCUT2D eigenvalue weighted by molar-refractivity contribution is -0.246. The van der Waals surface area contributed by atoms with E-state index in [1.54, 1.807) is 6.08 Å². The van der Waals surface area contributed by atoms with Gasteiger partial charge in [0.25, 0.3) is 0 Å². The Balaban J connectivity index is 1.52. The molecule has 0 spiro atoms. The van der Waals surface area contributed by atoms with Gasteiger partial charge < -0.3 is 23.7 Å². The fourth-order valence-electron chi connectivity index (χ4n) is 4.09. The molecule has 1 aliphatic heterocycles. The highest BCUT2D eigenvalue weighted by molar-refractivity contribution is 5.18. The first-order valence-electron chi connectivity index (χ1n) is 12.2. The number of rotatable bonds is 13. The van der Waals surface area contributed by atoms with Crippen LogP contribution in [0.25, 0.3) is 0 Å². The van der Waals surface area contributed by atoms with Gasteiger partial charge in [0.1, 0.15) is 18.3 Å². The normalized spacial score (nSPS) is 21.8. The van der Waals surface area contributed by atoms with Crippen LogP contribution in [-0.4, -0.2) is 37.8 Å². The van der Waals surface area contributed by atoms with Gasteiger partial charge in [-0.1, -0.05) is 104 Å². The Morgan fingerprint density at radius 1 is 0.694 bits per heavy atom. The lowest BCUT2D eigenvalue weighted by Gasteiger charge is -2.42. The summed E-state index contributed by atoms with van der Waals surface area (Å²) in [7, 11) is 0. The van der Waals surface area contributed by atoms with Crippen molar-refractivity contribution in [3.05, 3.63) is 132 Å². The third kappa shape index (κ3) is 7.47. The lowest BCUT2D eigenvalue weighted by Crippen LogP contribution is -2.54. The zero-order valence-corrected chi connectivity index (χ0v) is 20.5. The monoisotopic (exact) mass is 486 g/mol. The van der Waals surface area contributed by atoms with E-state index >= 15 is 0 Å². The molecule has 1 heterocycles. The molecule has 0 aliphatic carbocycles. The van der Waals surface area contributed by atoms with Crippen LogP contribution in [-0.2, 0) is 43.5 Å². The first-order valence-corrected chi connectivity index (χ1v) is 12.2. The highest BCUT2D eigenvalue weighted by atomic mass is 16.7. The van der Waals surface area contributed by atoms with E-state index in [2.05, 4.69) is 13.2 Å². The minimum Gasteiger partial charge on any atom is -0.374 e. The maximum Gasteiger partial charge on any atom is 0.183 e. The van der Waals surface area contributed by atoms with Crippen LogP contribution in [0.4, 0.5) is 0 Å². The quantitative estimate of drug-likeness (QED) is 0.283. The Morgan fingerprint density at radius 3 is 1.78 bits per heavy atom. The summed E-state index contributed by atoms with van der Waals surface area (Å²) in [5, 5.41) is 0. The van der Waals surface area contributed by atoms with Gasteiger partial charge in [0.2, 0.25) is 0 Å². The van der Waals surface area contributed by atoms with Crippen molar-refractivity contribution in [3.63, 3.8) is 0 Å². The molecular weight excluding hydrogens is 452 g/mol. The molecule has 3 aromatic carbocycles. The van der Waals surface area contributed by atoms with Gasteiger partial charge in [0.05, 0.1) is 33.0 Å². The number of hydrogen-bond donors (Lipinski definition) is 0. The Morgan fingerprint density at radius 2 is 1.22 bits per heavy atom. The van der Waals surface area contributed by atoms with Gasteiger partial charge in [0, 0.05) is 5.57 Å². The second-order valence-corrected chi connectivity index (χ2v) is 8.68. The average Bonchev–Trinajstić information content (AvgIpc) is 2.93. The molecule has 0 aromatic heterocycles. The van der Waals surface area contributed by atoms with Crippen molar-refractivity contribution >= 4 is 0 Å². The number of ether oxygens (including phenoxy) is 5. The molecule has 188 valence electrons. The highest BCUT2D eigenvalue weighted by Crippen LogP contribution is 2.31. The van der Waals surface area contributed by atoms with Crippen LogP contribution < -0.4 is 0 Å².